The fraction of sp³-hybridized carbons (Fsp3) is 0.286. The van der Waals surface area contributed by atoms with Crippen LogP contribution in [0.25, 0.3) is 0 Å². The first-order valence-electron chi connectivity index (χ1n) is 9.22. The van der Waals surface area contributed by atoms with Gasteiger partial charge < -0.3 is 10.2 Å². The van der Waals surface area contributed by atoms with Gasteiger partial charge in [-0.05, 0) is 61.5 Å². The standard InChI is InChI=1S/C21H24FN3O2S/c1-3-13-25(14-4-2)20(27)15-9-11-16(12-10-15)23-21(28)24-19(26)17-7-5-6-8-18(17)22/h5-12H,3-4,13-14H2,1-2H3,(H2,23,24,26,28). The van der Waals surface area contributed by atoms with Gasteiger partial charge in [-0.1, -0.05) is 26.0 Å². The predicted molar refractivity (Wildman–Crippen MR) is 113 cm³/mol. The van der Waals surface area contributed by atoms with E-state index in [1.807, 2.05) is 18.7 Å². The molecule has 0 fully saturated rings. The molecule has 2 aromatic carbocycles. The largest absolute Gasteiger partial charge is 0.339 e. The molecular formula is C21H24FN3O2S. The Morgan fingerprint density at radius 3 is 2.18 bits per heavy atom. The molecule has 5 nitrogen and oxygen atoms in total. The molecule has 28 heavy (non-hydrogen) atoms. The summed E-state index contributed by atoms with van der Waals surface area (Å²) in [6.07, 6.45) is 1.81. The summed E-state index contributed by atoms with van der Waals surface area (Å²) in [5, 5.41) is 5.35. The number of thiocarbonyl (C=S) groups is 1. The number of carbonyl (C=O) groups excluding carboxylic acids is 2. The number of rotatable bonds is 7. The Kier molecular flexibility index (Phi) is 8.07. The Labute approximate surface area is 169 Å². The Morgan fingerprint density at radius 1 is 1.00 bits per heavy atom. The summed E-state index contributed by atoms with van der Waals surface area (Å²) in [5.41, 5.74) is 1.13. The average molecular weight is 402 g/mol. The zero-order chi connectivity index (χ0) is 20.5. The highest BCUT2D eigenvalue weighted by Gasteiger charge is 2.15. The lowest BCUT2D eigenvalue weighted by molar-refractivity contribution is 0.0755. The van der Waals surface area contributed by atoms with Gasteiger partial charge in [-0.2, -0.15) is 0 Å². The van der Waals surface area contributed by atoms with Crippen molar-refractivity contribution >= 4 is 34.8 Å². The summed E-state index contributed by atoms with van der Waals surface area (Å²) >= 11 is 5.11. The lowest BCUT2D eigenvalue weighted by Gasteiger charge is -2.21. The third-order valence-corrected chi connectivity index (χ3v) is 4.21. The van der Waals surface area contributed by atoms with Gasteiger partial charge in [-0.3, -0.25) is 14.9 Å². The van der Waals surface area contributed by atoms with Crippen molar-refractivity contribution in [3.63, 3.8) is 0 Å². The van der Waals surface area contributed by atoms with Gasteiger partial charge in [0, 0.05) is 24.3 Å². The third-order valence-electron chi connectivity index (χ3n) is 4.01. The second kappa shape index (κ2) is 10.5. The minimum atomic E-state index is -0.628. The number of hydrogen-bond acceptors (Lipinski definition) is 3. The molecule has 2 aromatic rings. The molecule has 0 bridgehead atoms. The zero-order valence-corrected chi connectivity index (χ0v) is 16.8. The number of carbonyl (C=O) groups is 2. The van der Waals surface area contributed by atoms with Crippen LogP contribution in [0.1, 0.15) is 47.4 Å². The highest BCUT2D eigenvalue weighted by molar-refractivity contribution is 7.80. The molecule has 0 saturated carbocycles. The quantitative estimate of drug-likeness (QED) is 0.682. The van der Waals surface area contributed by atoms with Crippen LogP contribution in [0.2, 0.25) is 0 Å². The maximum Gasteiger partial charge on any atom is 0.260 e. The predicted octanol–water partition coefficient (Wildman–Crippen LogP) is 4.21. The smallest absolute Gasteiger partial charge is 0.260 e. The molecule has 0 aliphatic heterocycles. The van der Waals surface area contributed by atoms with E-state index in [1.165, 1.54) is 18.2 Å². The maximum atomic E-state index is 13.7. The summed E-state index contributed by atoms with van der Waals surface area (Å²) < 4.78 is 13.7. The summed E-state index contributed by atoms with van der Waals surface area (Å²) in [6, 6.07) is 12.5. The summed E-state index contributed by atoms with van der Waals surface area (Å²) in [4.78, 5) is 26.5. The molecular weight excluding hydrogens is 377 g/mol. The van der Waals surface area contributed by atoms with Gasteiger partial charge in [0.25, 0.3) is 11.8 Å². The van der Waals surface area contributed by atoms with E-state index < -0.39 is 11.7 Å². The average Bonchev–Trinajstić information content (AvgIpc) is 2.68. The normalized spacial score (nSPS) is 10.2. The van der Waals surface area contributed by atoms with Crippen LogP contribution in [0.4, 0.5) is 10.1 Å². The van der Waals surface area contributed by atoms with Gasteiger partial charge in [0.1, 0.15) is 5.82 Å². The maximum absolute atomic E-state index is 13.7. The highest BCUT2D eigenvalue weighted by atomic mass is 32.1. The fourth-order valence-electron chi connectivity index (χ4n) is 2.71. The second-order valence-electron chi connectivity index (χ2n) is 6.26. The van der Waals surface area contributed by atoms with Crippen LogP contribution in [-0.2, 0) is 0 Å². The number of benzene rings is 2. The molecule has 2 N–H and O–H groups in total. The molecule has 0 unspecified atom stereocenters. The molecule has 7 heteroatoms. The van der Waals surface area contributed by atoms with E-state index in [4.69, 9.17) is 12.2 Å². The molecule has 2 rings (SSSR count). The Balaban J connectivity index is 1.98. The van der Waals surface area contributed by atoms with Crippen molar-refractivity contribution in [1.29, 1.82) is 0 Å². The van der Waals surface area contributed by atoms with Crippen molar-refractivity contribution in [2.75, 3.05) is 18.4 Å². The zero-order valence-electron chi connectivity index (χ0n) is 16.0. The number of amides is 2. The van der Waals surface area contributed by atoms with Crippen LogP contribution in [0.5, 0.6) is 0 Å². The van der Waals surface area contributed by atoms with Crippen molar-refractivity contribution in [1.82, 2.24) is 10.2 Å². The van der Waals surface area contributed by atoms with E-state index in [1.54, 1.807) is 30.3 Å². The van der Waals surface area contributed by atoms with Gasteiger partial charge in [0.2, 0.25) is 0 Å². The van der Waals surface area contributed by atoms with Crippen LogP contribution >= 0.6 is 12.2 Å². The molecule has 0 saturated heterocycles. The van der Waals surface area contributed by atoms with Crippen LogP contribution in [0.15, 0.2) is 48.5 Å². The Hall–Kier alpha value is -2.80. The van der Waals surface area contributed by atoms with Gasteiger partial charge >= 0.3 is 0 Å². The minimum absolute atomic E-state index is 0.00863. The number of hydrogen-bond donors (Lipinski definition) is 2. The molecule has 0 aliphatic carbocycles. The second-order valence-corrected chi connectivity index (χ2v) is 6.67. The van der Waals surface area contributed by atoms with Crippen molar-refractivity contribution in [3.05, 3.63) is 65.5 Å². The van der Waals surface area contributed by atoms with E-state index in [0.29, 0.717) is 11.3 Å². The summed E-state index contributed by atoms with van der Waals surface area (Å²) in [7, 11) is 0. The number of nitrogens with zero attached hydrogens (tertiary/aromatic N) is 1. The molecule has 0 atom stereocenters. The van der Waals surface area contributed by atoms with Crippen molar-refractivity contribution in [3.8, 4) is 0 Å². The molecule has 0 aliphatic rings. The molecule has 0 radical (unpaired) electrons. The third kappa shape index (κ3) is 5.85. The Morgan fingerprint density at radius 2 is 1.61 bits per heavy atom. The molecule has 0 spiro atoms. The molecule has 0 heterocycles. The molecule has 0 aromatic heterocycles. The van der Waals surface area contributed by atoms with E-state index in [9.17, 15) is 14.0 Å². The van der Waals surface area contributed by atoms with E-state index in [2.05, 4.69) is 10.6 Å². The van der Waals surface area contributed by atoms with Gasteiger partial charge in [-0.15, -0.1) is 0 Å². The van der Waals surface area contributed by atoms with Crippen molar-refractivity contribution in [2.24, 2.45) is 0 Å². The lowest BCUT2D eigenvalue weighted by atomic mass is 10.1. The molecule has 148 valence electrons. The first-order valence-corrected chi connectivity index (χ1v) is 9.63. The van der Waals surface area contributed by atoms with Crippen LogP contribution in [0.3, 0.4) is 0 Å². The Bertz CT molecular complexity index is 834. The summed E-state index contributed by atoms with van der Waals surface area (Å²) in [5.74, 6) is -1.25. The minimum Gasteiger partial charge on any atom is -0.339 e. The number of nitrogens with one attached hydrogen (secondary N) is 2. The van der Waals surface area contributed by atoms with Crippen molar-refractivity contribution < 1.29 is 14.0 Å². The number of anilines is 1. The topological polar surface area (TPSA) is 61.4 Å². The van der Waals surface area contributed by atoms with Gasteiger partial charge in [0.15, 0.2) is 5.11 Å². The highest BCUT2D eigenvalue weighted by Crippen LogP contribution is 2.13. The van der Waals surface area contributed by atoms with E-state index in [-0.39, 0.29) is 16.6 Å². The SMILES string of the molecule is CCCN(CCC)C(=O)c1ccc(NC(=S)NC(=O)c2ccccc2F)cc1. The van der Waals surface area contributed by atoms with Crippen molar-refractivity contribution in [2.45, 2.75) is 26.7 Å². The van der Waals surface area contributed by atoms with E-state index >= 15 is 0 Å². The first kappa shape index (κ1) is 21.5. The van der Waals surface area contributed by atoms with Gasteiger partial charge in [0.05, 0.1) is 5.56 Å². The van der Waals surface area contributed by atoms with Crippen LogP contribution in [-0.4, -0.2) is 34.9 Å². The molecule has 2 amide bonds. The van der Waals surface area contributed by atoms with Gasteiger partial charge in [-0.25, -0.2) is 4.39 Å². The number of halogens is 1. The fourth-order valence-corrected chi connectivity index (χ4v) is 2.92. The lowest BCUT2D eigenvalue weighted by Crippen LogP contribution is -2.34. The van der Waals surface area contributed by atoms with Crippen LogP contribution < -0.4 is 10.6 Å². The first-order chi connectivity index (χ1) is 13.5. The summed E-state index contributed by atoms with van der Waals surface area (Å²) in [6.45, 7) is 5.52. The van der Waals surface area contributed by atoms with E-state index in [0.717, 1.165) is 25.9 Å². The monoisotopic (exact) mass is 401 g/mol. The van der Waals surface area contributed by atoms with Crippen LogP contribution in [0, 0.1) is 5.82 Å².